The van der Waals surface area contributed by atoms with Crippen molar-refractivity contribution in [2.75, 3.05) is 13.1 Å². The van der Waals surface area contributed by atoms with Crippen LogP contribution in [0.1, 0.15) is 68.9 Å². The van der Waals surface area contributed by atoms with Crippen molar-refractivity contribution in [3.63, 3.8) is 0 Å². The van der Waals surface area contributed by atoms with Crippen LogP contribution in [0.25, 0.3) is 0 Å². The van der Waals surface area contributed by atoms with Crippen molar-refractivity contribution in [2.24, 2.45) is 11.7 Å². The zero-order valence-corrected chi connectivity index (χ0v) is 22.8. The number of amides is 4. The molecule has 0 spiro atoms. The third-order valence-electron chi connectivity index (χ3n) is 8.30. The zero-order valence-electron chi connectivity index (χ0n) is 22.8. The van der Waals surface area contributed by atoms with E-state index in [1.807, 2.05) is 22.8 Å². The lowest BCUT2D eigenvalue weighted by molar-refractivity contribution is -0.141. The summed E-state index contributed by atoms with van der Waals surface area (Å²) in [4.78, 5) is 57.0. The number of fused-ring (bicyclic) bond motifs is 3. The molecule has 1 aliphatic carbocycles. The predicted molar refractivity (Wildman–Crippen MR) is 140 cm³/mol. The molecule has 7 atom stereocenters. The van der Waals surface area contributed by atoms with Crippen molar-refractivity contribution in [1.29, 1.82) is 5.26 Å². The predicted octanol–water partition coefficient (Wildman–Crippen LogP) is 1.54. The van der Waals surface area contributed by atoms with Gasteiger partial charge in [-0.3, -0.25) is 19.3 Å². The number of rotatable bonds is 7. The number of carbonyl (C=O) groups is 4. The highest BCUT2D eigenvalue weighted by Crippen LogP contribution is 2.48. The van der Waals surface area contributed by atoms with Gasteiger partial charge < -0.3 is 25.6 Å². The summed E-state index contributed by atoms with van der Waals surface area (Å²) in [6, 6.07) is 7.07. The first-order valence-corrected chi connectivity index (χ1v) is 13.5. The molecule has 1 saturated carbocycles. The van der Waals surface area contributed by atoms with Crippen LogP contribution < -0.4 is 11.1 Å². The van der Waals surface area contributed by atoms with Crippen LogP contribution in [-0.4, -0.2) is 87.4 Å². The summed E-state index contributed by atoms with van der Waals surface area (Å²) in [6.45, 7) is 7.87. The summed E-state index contributed by atoms with van der Waals surface area (Å²) in [7, 11) is 0. The minimum Gasteiger partial charge on any atom is -0.444 e. The van der Waals surface area contributed by atoms with Gasteiger partial charge in [0.2, 0.25) is 17.7 Å². The van der Waals surface area contributed by atoms with Gasteiger partial charge in [0.15, 0.2) is 0 Å². The van der Waals surface area contributed by atoms with Gasteiger partial charge in [0.05, 0.1) is 18.2 Å². The monoisotopic (exact) mass is 536 g/mol. The number of alkyl carbamates (subject to hydrolysis) is 1. The number of hydrogen-bond donors (Lipinski definition) is 2. The van der Waals surface area contributed by atoms with Crippen LogP contribution in [0.5, 0.6) is 0 Å². The van der Waals surface area contributed by atoms with Crippen molar-refractivity contribution in [2.45, 2.75) is 88.8 Å². The maximum absolute atomic E-state index is 13.7. The standard InChI is InChI=1S/C28H36N6O5/c1-15(16-6-5-7-17(8-16)24(30)35)33-20-11-23(26(33)37)32(13-20)14-21(31-27(38)39-28(2,3)4)25(36)34-19(12-29)9-18-10-22(18)34/h5-8,15,18-23H,9-11,13-14H2,1-4H3,(H2,30,35)(H,31,38)/t15?,18-,19?,20+,21?,22?,23?/m1/s1. The Hall–Kier alpha value is -3.65. The molecule has 0 radical (unpaired) electrons. The summed E-state index contributed by atoms with van der Waals surface area (Å²) >= 11 is 0. The fourth-order valence-electron chi connectivity index (χ4n) is 6.45. The third-order valence-corrected chi connectivity index (χ3v) is 8.30. The largest absolute Gasteiger partial charge is 0.444 e. The van der Waals surface area contributed by atoms with Gasteiger partial charge in [-0.1, -0.05) is 12.1 Å². The van der Waals surface area contributed by atoms with Crippen molar-refractivity contribution in [1.82, 2.24) is 20.0 Å². The summed E-state index contributed by atoms with van der Waals surface area (Å²) < 4.78 is 5.43. The second kappa shape index (κ2) is 9.83. The van der Waals surface area contributed by atoms with Crippen LogP contribution in [-0.2, 0) is 14.3 Å². The molecule has 1 aromatic carbocycles. The van der Waals surface area contributed by atoms with Crippen LogP contribution >= 0.6 is 0 Å². The van der Waals surface area contributed by atoms with E-state index in [2.05, 4.69) is 11.4 Å². The Morgan fingerprint density at radius 1 is 1.23 bits per heavy atom. The summed E-state index contributed by atoms with van der Waals surface area (Å²) in [5, 5.41) is 12.4. The average molecular weight is 537 g/mol. The van der Waals surface area contributed by atoms with Crippen molar-refractivity contribution >= 4 is 23.8 Å². The van der Waals surface area contributed by atoms with Crippen LogP contribution in [0, 0.1) is 17.2 Å². The first-order valence-electron chi connectivity index (χ1n) is 13.5. The molecular formula is C28H36N6O5. The molecule has 2 bridgehead atoms. The molecule has 3 heterocycles. The Kier molecular flexibility index (Phi) is 6.79. The average Bonchev–Trinajstić information content (AvgIpc) is 3.18. The summed E-state index contributed by atoms with van der Waals surface area (Å²) in [6.07, 6.45) is 1.44. The number of likely N-dealkylation sites (tertiary alicyclic amines) is 3. The number of primary amides is 1. The van der Waals surface area contributed by atoms with Gasteiger partial charge in [0, 0.05) is 30.7 Å². The van der Waals surface area contributed by atoms with Gasteiger partial charge in [0.1, 0.15) is 17.7 Å². The third kappa shape index (κ3) is 5.17. The topological polar surface area (TPSA) is 149 Å². The number of benzene rings is 1. The van der Waals surface area contributed by atoms with E-state index in [1.54, 1.807) is 43.9 Å². The van der Waals surface area contributed by atoms with Gasteiger partial charge in [-0.05, 0) is 70.6 Å². The maximum Gasteiger partial charge on any atom is 0.408 e. The molecule has 3 saturated heterocycles. The molecule has 208 valence electrons. The van der Waals surface area contributed by atoms with Crippen LogP contribution in [0.3, 0.4) is 0 Å². The smallest absolute Gasteiger partial charge is 0.408 e. The van der Waals surface area contributed by atoms with Gasteiger partial charge in [-0.2, -0.15) is 5.26 Å². The summed E-state index contributed by atoms with van der Waals surface area (Å²) in [5.74, 6) is -0.536. The van der Waals surface area contributed by atoms with Crippen LogP contribution in [0.15, 0.2) is 24.3 Å². The number of ether oxygens (including phenoxy) is 1. The lowest BCUT2D eigenvalue weighted by atomic mass is 10.0. The Balaban J connectivity index is 1.31. The molecule has 4 aliphatic rings. The van der Waals surface area contributed by atoms with Crippen LogP contribution in [0.4, 0.5) is 4.79 Å². The number of hydrogen-bond acceptors (Lipinski definition) is 7. The molecular weight excluding hydrogens is 500 g/mol. The van der Waals surface area contributed by atoms with E-state index in [-0.39, 0.29) is 36.5 Å². The van der Waals surface area contributed by atoms with E-state index < -0.39 is 35.7 Å². The van der Waals surface area contributed by atoms with Crippen molar-refractivity contribution in [3.05, 3.63) is 35.4 Å². The van der Waals surface area contributed by atoms with E-state index in [0.717, 1.165) is 12.0 Å². The molecule has 11 heteroatoms. The molecule has 5 unspecified atom stereocenters. The van der Waals surface area contributed by atoms with E-state index in [4.69, 9.17) is 10.5 Å². The molecule has 11 nitrogen and oxygen atoms in total. The first-order chi connectivity index (χ1) is 18.4. The van der Waals surface area contributed by atoms with E-state index >= 15 is 0 Å². The SMILES string of the molecule is CC(c1cccc(C(N)=O)c1)N1C(=O)C2C[C@H]1CN2CC(NC(=O)OC(C)(C)C)C(=O)N1C(C#N)C[C@@H]2CC21. The number of piperidine rings is 1. The van der Waals surface area contributed by atoms with Gasteiger partial charge in [0.25, 0.3) is 0 Å². The van der Waals surface area contributed by atoms with Gasteiger partial charge in [-0.15, -0.1) is 0 Å². The lowest BCUT2D eigenvalue weighted by Gasteiger charge is -2.39. The highest BCUT2D eigenvalue weighted by atomic mass is 16.6. The Bertz CT molecular complexity index is 1240. The molecule has 1 aromatic rings. The molecule has 39 heavy (non-hydrogen) atoms. The van der Waals surface area contributed by atoms with E-state index in [1.165, 1.54) is 0 Å². The minimum atomic E-state index is -0.944. The van der Waals surface area contributed by atoms with E-state index in [0.29, 0.717) is 30.9 Å². The Labute approximate surface area is 228 Å². The number of nitriles is 1. The quantitative estimate of drug-likeness (QED) is 0.537. The Morgan fingerprint density at radius 2 is 1.97 bits per heavy atom. The van der Waals surface area contributed by atoms with Gasteiger partial charge >= 0.3 is 6.09 Å². The van der Waals surface area contributed by atoms with E-state index in [9.17, 15) is 24.4 Å². The highest BCUT2D eigenvalue weighted by molar-refractivity contribution is 5.93. The number of carbonyl (C=O) groups excluding carboxylic acids is 4. The lowest BCUT2D eigenvalue weighted by Crippen LogP contribution is -2.59. The molecule has 3 aliphatic heterocycles. The highest BCUT2D eigenvalue weighted by Gasteiger charge is 2.56. The number of nitrogens with one attached hydrogen (secondary N) is 1. The number of piperazine rings is 1. The molecule has 4 fully saturated rings. The summed E-state index contributed by atoms with van der Waals surface area (Å²) in [5.41, 5.74) is 5.92. The van der Waals surface area contributed by atoms with Crippen LogP contribution in [0.2, 0.25) is 0 Å². The fourth-order valence-corrected chi connectivity index (χ4v) is 6.45. The van der Waals surface area contributed by atoms with Crippen molar-refractivity contribution < 1.29 is 23.9 Å². The molecule has 3 N–H and O–H groups in total. The Morgan fingerprint density at radius 3 is 2.62 bits per heavy atom. The van der Waals surface area contributed by atoms with Crippen molar-refractivity contribution in [3.8, 4) is 6.07 Å². The second-order valence-electron chi connectivity index (χ2n) is 12.2. The minimum absolute atomic E-state index is 0.0363. The maximum atomic E-state index is 13.7. The number of nitrogens with zero attached hydrogens (tertiary/aromatic N) is 4. The normalized spacial score (nSPS) is 29.0. The number of nitrogens with two attached hydrogens (primary N) is 1. The molecule has 0 aromatic heterocycles. The first kappa shape index (κ1) is 26.9. The van der Waals surface area contributed by atoms with Gasteiger partial charge in [-0.25, -0.2) is 4.79 Å². The molecule has 5 rings (SSSR count). The fraction of sp³-hybridized carbons (Fsp3) is 0.607. The zero-order chi connectivity index (χ0) is 28.2. The second-order valence-corrected chi connectivity index (χ2v) is 12.2. The molecule has 4 amide bonds.